The fourth-order valence-electron chi connectivity index (χ4n) is 3.28. The molecule has 2 rings (SSSR count). The molecule has 0 heterocycles. The Labute approximate surface area is 207 Å². The van der Waals surface area contributed by atoms with Crippen LogP contribution < -0.4 is 9.50 Å². The van der Waals surface area contributed by atoms with Crippen molar-refractivity contribution in [2.24, 2.45) is 5.41 Å². The molecule has 0 saturated heterocycles. The molecule has 0 bridgehead atoms. The van der Waals surface area contributed by atoms with Crippen LogP contribution >= 0.6 is 11.6 Å². The van der Waals surface area contributed by atoms with Crippen molar-refractivity contribution >= 4 is 39.2 Å². The lowest BCUT2D eigenvalue weighted by Gasteiger charge is -2.32. The van der Waals surface area contributed by atoms with Gasteiger partial charge in [0.2, 0.25) is 11.8 Å². The number of nitrogens with zero attached hydrogens (tertiary/aromatic N) is 1. The number of hydrogen-bond acceptors (Lipinski definition) is 5. The molecule has 2 aromatic carbocycles. The van der Waals surface area contributed by atoms with Gasteiger partial charge >= 0.3 is 10.1 Å². The molecule has 7 nitrogen and oxygen atoms in total. The summed E-state index contributed by atoms with van der Waals surface area (Å²) in [6, 6.07) is 10.3. The summed E-state index contributed by atoms with van der Waals surface area (Å²) in [4.78, 5) is 25.9. The second-order valence-electron chi connectivity index (χ2n) is 9.51. The lowest BCUT2D eigenvalue weighted by molar-refractivity contribution is -0.136. The molecule has 9 heteroatoms. The van der Waals surface area contributed by atoms with E-state index < -0.39 is 10.1 Å². The van der Waals surface area contributed by atoms with Gasteiger partial charge in [-0.3, -0.25) is 9.59 Å². The molecule has 0 spiro atoms. The zero-order valence-electron chi connectivity index (χ0n) is 20.5. The molecule has 2 aromatic rings. The predicted octanol–water partition coefficient (Wildman–Crippen LogP) is 5.63. The van der Waals surface area contributed by atoms with E-state index in [2.05, 4.69) is 5.32 Å². The van der Waals surface area contributed by atoms with Crippen molar-refractivity contribution in [3.8, 4) is 5.75 Å². The van der Waals surface area contributed by atoms with Crippen LogP contribution in [0.3, 0.4) is 0 Å². The highest BCUT2D eigenvalue weighted by atomic mass is 35.5. The Bertz CT molecular complexity index is 1120. The highest BCUT2D eigenvalue weighted by Crippen LogP contribution is 2.30. The minimum absolute atomic E-state index is 0.0239. The predicted molar refractivity (Wildman–Crippen MR) is 134 cm³/mol. The standard InChI is InChI=1S/C25H33ClN2O5S/c1-7-17(2)28(24(30)15-25(4,5)6)16-19-14-20(26)8-13-23(19)33-34(31,32)22-11-9-21(10-12-22)27-18(3)29/h8-14,17H,7,15-16H2,1-6H3,(H,27,29). The van der Waals surface area contributed by atoms with Gasteiger partial charge in [0.05, 0.1) is 0 Å². The number of rotatable bonds is 9. The summed E-state index contributed by atoms with van der Waals surface area (Å²) in [6.45, 7) is 11.5. The average Bonchev–Trinajstić information content (AvgIpc) is 2.71. The second kappa shape index (κ2) is 11.2. The Balaban J connectivity index is 2.36. The number of nitrogens with one attached hydrogen (secondary N) is 1. The first-order chi connectivity index (χ1) is 15.7. The quantitative estimate of drug-likeness (QED) is 0.443. The second-order valence-corrected chi connectivity index (χ2v) is 11.5. The van der Waals surface area contributed by atoms with Crippen LogP contribution in [0.1, 0.15) is 59.9 Å². The molecular formula is C25H33ClN2O5S. The fraction of sp³-hybridized carbons (Fsp3) is 0.440. The van der Waals surface area contributed by atoms with Gasteiger partial charge in [0.15, 0.2) is 0 Å². The van der Waals surface area contributed by atoms with Gasteiger partial charge < -0.3 is 14.4 Å². The number of halogens is 1. The van der Waals surface area contributed by atoms with Gasteiger partial charge in [0.25, 0.3) is 0 Å². The van der Waals surface area contributed by atoms with E-state index in [0.29, 0.717) is 22.7 Å². The van der Waals surface area contributed by atoms with Crippen LogP contribution in [0.2, 0.25) is 5.02 Å². The molecule has 2 amide bonds. The van der Waals surface area contributed by atoms with E-state index in [1.54, 1.807) is 17.0 Å². The molecule has 186 valence electrons. The third-order valence-electron chi connectivity index (χ3n) is 5.15. The lowest BCUT2D eigenvalue weighted by atomic mass is 9.91. The van der Waals surface area contributed by atoms with Crippen LogP contribution in [-0.4, -0.2) is 31.2 Å². The van der Waals surface area contributed by atoms with E-state index >= 15 is 0 Å². The first-order valence-electron chi connectivity index (χ1n) is 11.1. The van der Waals surface area contributed by atoms with Crippen molar-refractivity contribution in [1.29, 1.82) is 0 Å². The summed E-state index contributed by atoms with van der Waals surface area (Å²) in [6.07, 6.45) is 1.10. The highest BCUT2D eigenvalue weighted by Gasteiger charge is 2.26. The van der Waals surface area contributed by atoms with Gasteiger partial charge in [-0.15, -0.1) is 0 Å². The van der Waals surface area contributed by atoms with Gasteiger partial charge in [-0.05, 0) is 61.2 Å². The van der Waals surface area contributed by atoms with E-state index in [1.165, 1.54) is 37.3 Å². The van der Waals surface area contributed by atoms with E-state index in [-0.39, 0.29) is 40.5 Å². The highest BCUT2D eigenvalue weighted by molar-refractivity contribution is 7.87. The lowest BCUT2D eigenvalue weighted by Crippen LogP contribution is -2.39. The van der Waals surface area contributed by atoms with Gasteiger partial charge in [0.1, 0.15) is 10.6 Å². The fourth-order valence-corrected chi connectivity index (χ4v) is 4.44. The van der Waals surface area contributed by atoms with Gasteiger partial charge in [0, 0.05) is 42.2 Å². The molecule has 0 aromatic heterocycles. The average molecular weight is 509 g/mol. The van der Waals surface area contributed by atoms with Crippen molar-refractivity contribution in [1.82, 2.24) is 4.90 Å². The maximum Gasteiger partial charge on any atom is 0.339 e. The Morgan fingerprint density at radius 1 is 1.12 bits per heavy atom. The van der Waals surface area contributed by atoms with E-state index in [4.69, 9.17) is 15.8 Å². The maximum atomic E-state index is 13.1. The van der Waals surface area contributed by atoms with Crippen molar-refractivity contribution in [3.05, 3.63) is 53.1 Å². The Morgan fingerprint density at radius 2 is 1.74 bits per heavy atom. The molecule has 1 N–H and O–H groups in total. The topological polar surface area (TPSA) is 92.8 Å². The number of carbonyl (C=O) groups is 2. The van der Waals surface area contributed by atoms with Crippen LogP contribution in [0.5, 0.6) is 5.75 Å². The summed E-state index contributed by atoms with van der Waals surface area (Å²) < 4.78 is 31.4. The SMILES string of the molecule is CCC(C)N(Cc1cc(Cl)ccc1OS(=O)(=O)c1ccc(NC(C)=O)cc1)C(=O)CC(C)(C)C. The molecule has 1 atom stereocenters. The minimum Gasteiger partial charge on any atom is -0.379 e. The number of amides is 2. The van der Waals surface area contributed by atoms with Crippen LogP contribution in [0.15, 0.2) is 47.4 Å². The molecule has 0 aliphatic rings. The smallest absolute Gasteiger partial charge is 0.339 e. The zero-order valence-corrected chi connectivity index (χ0v) is 22.1. The normalized spacial score (nSPS) is 12.7. The third-order valence-corrected chi connectivity index (χ3v) is 6.63. The summed E-state index contributed by atoms with van der Waals surface area (Å²) in [5.74, 6) is -0.180. The van der Waals surface area contributed by atoms with E-state index in [9.17, 15) is 18.0 Å². The Kier molecular flexibility index (Phi) is 9.14. The largest absolute Gasteiger partial charge is 0.379 e. The summed E-state index contributed by atoms with van der Waals surface area (Å²) >= 11 is 6.20. The Morgan fingerprint density at radius 3 is 2.26 bits per heavy atom. The number of carbonyl (C=O) groups excluding carboxylic acids is 2. The van der Waals surface area contributed by atoms with Crippen LogP contribution in [0, 0.1) is 5.41 Å². The first-order valence-corrected chi connectivity index (χ1v) is 12.9. The van der Waals surface area contributed by atoms with Crippen molar-refractivity contribution < 1.29 is 22.2 Å². The van der Waals surface area contributed by atoms with Crippen molar-refractivity contribution in [2.45, 2.75) is 71.9 Å². The van der Waals surface area contributed by atoms with Crippen molar-refractivity contribution in [2.75, 3.05) is 5.32 Å². The molecule has 0 aliphatic heterocycles. The third kappa shape index (κ3) is 8.02. The Hall–Kier alpha value is -2.58. The molecule has 0 aliphatic carbocycles. The van der Waals surface area contributed by atoms with Gasteiger partial charge in [-0.2, -0.15) is 8.42 Å². The van der Waals surface area contributed by atoms with Crippen LogP contribution in [0.25, 0.3) is 0 Å². The first kappa shape index (κ1) is 27.7. The molecule has 1 unspecified atom stereocenters. The number of anilines is 1. The molecule has 0 saturated carbocycles. The summed E-state index contributed by atoms with van der Waals surface area (Å²) in [7, 11) is -4.16. The number of hydrogen-bond donors (Lipinski definition) is 1. The summed E-state index contributed by atoms with van der Waals surface area (Å²) in [5.41, 5.74) is 0.775. The summed E-state index contributed by atoms with van der Waals surface area (Å²) in [5, 5.41) is 3.00. The minimum atomic E-state index is -4.16. The maximum absolute atomic E-state index is 13.1. The molecule has 34 heavy (non-hydrogen) atoms. The van der Waals surface area contributed by atoms with Crippen molar-refractivity contribution in [3.63, 3.8) is 0 Å². The van der Waals surface area contributed by atoms with Gasteiger partial charge in [-0.1, -0.05) is 39.3 Å². The molecule has 0 radical (unpaired) electrons. The van der Waals surface area contributed by atoms with E-state index in [0.717, 1.165) is 6.42 Å². The van der Waals surface area contributed by atoms with E-state index in [1.807, 2.05) is 34.6 Å². The van der Waals surface area contributed by atoms with Crippen LogP contribution in [-0.2, 0) is 26.3 Å². The van der Waals surface area contributed by atoms with Gasteiger partial charge in [-0.25, -0.2) is 0 Å². The molecule has 0 fully saturated rings. The molecular weight excluding hydrogens is 476 g/mol. The van der Waals surface area contributed by atoms with Crippen LogP contribution in [0.4, 0.5) is 5.69 Å². The zero-order chi connectivity index (χ0) is 25.7. The number of benzene rings is 2. The monoisotopic (exact) mass is 508 g/mol.